The monoisotopic (exact) mass is 404 g/mol. The number of benzene rings is 3. The molecule has 1 aromatic heterocycles. The minimum absolute atomic E-state index is 0.0493. The maximum atomic E-state index is 12.6. The van der Waals surface area contributed by atoms with Gasteiger partial charge in [0.1, 0.15) is 11.5 Å². The average Bonchev–Trinajstić information content (AvgIpc) is 3.27. The molecule has 0 aliphatic heterocycles. The summed E-state index contributed by atoms with van der Waals surface area (Å²) in [5.74, 6) is 1.31. The second-order valence-electron chi connectivity index (χ2n) is 6.49. The first kappa shape index (κ1) is 19.0. The number of aromatic nitrogens is 1. The van der Waals surface area contributed by atoms with Crippen molar-refractivity contribution in [2.24, 2.45) is 0 Å². The fourth-order valence-electron chi connectivity index (χ4n) is 2.92. The van der Waals surface area contributed by atoms with Gasteiger partial charge in [-0.1, -0.05) is 30.3 Å². The van der Waals surface area contributed by atoms with Crippen molar-refractivity contribution in [1.82, 2.24) is 4.98 Å². The van der Waals surface area contributed by atoms with E-state index < -0.39 is 0 Å². The highest BCUT2D eigenvalue weighted by Crippen LogP contribution is 2.28. The maximum absolute atomic E-state index is 12.6. The number of rotatable bonds is 6. The highest BCUT2D eigenvalue weighted by molar-refractivity contribution is 7.14. The molecule has 0 saturated heterocycles. The largest absolute Gasteiger partial charge is 0.497 e. The Labute approximate surface area is 173 Å². The summed E-state index contributed by atoms with van der Waals surface area (Å²) in [7, 11) is 3.35. The molecule has 0 atom stereocenters. The van der Waals surface area contributed by atoms with Crippen LogP contribution in [-0.4, -0.2) is 31.7 Å². The predicted octanol–water partition coefficient (Wildman–Crippen LogP) is 5.01. The highest BCUT2D eigenvalue weighted by Gasteiger charge is 2.16. The lowest BCUT2D eigenvalue weighted by Gasteiger charge is -2.14. The van der Waals surface area contributed by atoms with E-state index in [9.17, 15) is 4.79 Å². The van der Waals surface area contributed by atoms with Crippen LogP contribution >= 0.6 is 11.3 Å². The number of fused-ring (bicyclic) bond motifs is 1. The van der Waals surface area contributed by atoms with E-state index in [0.717, 1.165) is 27.8 Å². The van der Waals surface area contributed by atoms with Crippen LogP contribution in [0.4, 0.5) is 5.13 Å². The average molecular weight is 404 g/mol. The molecule has 0 radical (unpaired) electrons. The second-order valence-corrected chi connectivity index (χ2v) is 7.33. The van der Waals surface area contributed by atoms with Gasteiger partial charge in [0.2, 0.25) is 0 Å². The molecular weight excluding hydrogens is 384 g/mol. The van der Waals surface area contributed by atoms with Crippen LogP contribution in [0, 0.1) is 0 Å². The number of likely N-dealkylation sites (N-methyl/N-ethyl adjacent to an activating group) is 1. The van der Waals surface area contributed by atoms with Gasteiger partial charge in [-0.05, 0) is 47.2 Å². The third-order valence-electron chi connectivity index (χ3n) is 4.62. The Hall–Kier alpha value is -3.38. The van der Waals surface area contributed by atoms with Crippen molar-refractivity contribution in [2.75, 3.05) is 25.7 Å². The Morgan fingerprint density at radius 1 is 1.00 bits per heavy atom. The van der Waals surface area contributed by atoms with Gasteiger partial charge >= 0.3 is 0 Å². The molecule has 1 heterocycles. The zero-order chi connectivity index (χ0) is 20.2. The van der Waals surface area contributed by atoms with Crippen LogP contribution in [0.25, 0.3) is 22.0 Å². The van der Waals surface area contributed by atoms with Crippen molar-refractivity contribution in [1.29, 1.82) is 0 Å². The van der Waals surface area contributed by atoms with E-state index in [4.69, 9.17) is 9.47 Å². The number of ether oxygens (including phenoxy) is 2. The van der Waals surface area contributed by atoms with Gasteiger partial charge in [-0.15, -0.1) is 11.3 Å². The van der Waals surface area contributed by atoms with Gasteiger partial charge in [-0.2, -0.15) is 0 Å². The molecule has 4 aromatic rings. The molecule has 0 spiro atoms. The lowest BCUT2D eigenvalue weighted by molar-refractivity contribution is -0.120. The topological polar surface area (TPSA) is 51.7 Å². The Balaban J connectivity index is 1.41. The van der Waals surface area contributed by atoms with E-state index in [1.165, 1.54) is 16.2 Å². The van der Waals surface area contributed by atoms with Gasteiger partial charge in [0.05, 0.1) is 12.8 Å². The summed E-state index contributed by atoms with van der Waals surface area (Å²) in [5.41, 5.74) is 1.80. The van der Waals surface area contributed by atoms with E-state index in [1.807, 2.05) is 72.1 Å². The molecule has 4 rings (SSSR count). The predicted molar refractivity (Wildman–Crippen MR) is 117 cm³/mol. The Morgan fingerprint density at radius 2 is 1.72 bits per heavy atom. The van der Waals surface area contributed by atoms with Gasteiger partial charge in [0.15, 0.2) is 11.7 Å². The van der Waals surface area contributed by atoms with Gasteiger partial charge in [-0.25, -0.2) is 4.98 Å². The van der Waals surface area contributed by atoms with Crippen molar-refractivity contribution in [3.63, 3.8) is 0 Å². The van der Waals surface area contributed by atoms with Crippen LogP contribution in [0.3, 0.4) is 0 Å². The third-order valence-corrected chi connectivity index (χ3v) is 5.54. The maximum Gasteiger partial charge on any atom is 0.266 e. The lowest BCUT2D eigenvalue weighted by Crippen LogP contribution is -2.31. The molecule has 0 unspecified atom stereocenters. The number of methoxy groups -OCH3 is 1. The molecule has 0 fully saturated rings. The van der Waals surface area contributed by atoms with E-state index in [2.05, 4.69) is 4.98 Å². The molecule has 146 valence electrons. The quantitative estimate of drug-likeness (QED) is 0.453. The van der Waals surface area contributed by atoms with E-state index in [1.54, 1.807) is 14.2 Å². The molecule has 1 amide bonds. The fourth-order valence-corrected chi connectivity index (χ4v) is 3.74. The van der Waals surface area contributed by atoms with Gasteiger partial charge in [-0.3, -0.25) is 9.69 Å². The number of amides is 1. The molecule has 0 bridgehead atoms. The Kier molecular flexibility index (Phi) is 5.44. The van der Waals surface area contributed by atoms with Crippen molar-refractivity contribution in [3.05, 3.63) is 72.1 Å². The zero-order valence-corrected chi connectivity index (χ0v) is 17.0. The summed E-state index contributed by atoms with van der Waals surface area (Å²) in [6, 6.07) is 21.5. The molecule has 29 heavy (non-hydrogen) atoms. The van der Waals surface area contributed by atoms with E-state index in [-0.39, 0.29) is 12.5 Å². The zero-order valence-electron chi connectivity index (χ0n) is 16.2. The standard InChI is InChI=1S/C23H20N2O3S/c1-25(23-24-21(15-29-23)17-8-10-19(27-2)11-9-17)22(26)14-28-20-12-7-16-5-3-4-6-18(16)13-20/h3-13,15H,14H2,1-2H3. The first-order chi connectivity index (χ1) is 14.1. The van der Waals surface area contributed by atoms with Crippen LogP contribution in [0.15, 0.2) is 72.1 Å². The summed E-state index contributed by atoms with van der Waals surface area (Å²) < 4.78 is 10.9. The van der Waals surface area contributed by atoms with Crippen molar-refractivity contribution < 1.29 is 14.3 Å². The summed E-state index contributed by atoms with van der Waals surface area (Å²) in [4.78, 5) is 18.7. The smallest absolute Gasteiger partial charge is 0.266 e. The minimum Gasteiger partial charge on any atom is -0.497 e. The number of hydrogen-bond acceptors (Lipinski definition) is 5. The van der Waals surface area contributed by atoms with Crippen molar-refractivity contribution in [3.8, 4) is 22.8 Å². The molecule has 3 aromatic carbocycles. The summed E-state index contributed by atoms with van der Waals surface area (Å²) in [6.45, 7) is -0.0493. The fraction of sp³-hybridized carbons (Fsp3) is 0.130. The van der Waals surface area contributed by atoms with Crippen LogP contribution in [0.5, 0.6) is 11.5 Å². The van der Waals surface area contributed by atoms with Crippen LogP contribution in [0.2, 0.25) is 0 Å². The third kappa shape index (κ3) is 4.22. The normalized spacial score (nSPS) is 10.7. The molecule has 0 N–H and O–H groups in total. The number of anilines is 1. The minimum atomic E-state index is -0.159. The summed E-state index contributed by atoms with van der Waals surface area (Å²) in [5, 5.41) is 4.78. The Morgan fingerprint density at radius 3 is 2.48 bits per heavy atom. The van der Waals surface area contributed by atoms with E-state index >= 15 is 0 Å². The number of nitrogens with zero attached hydrogens (tertiary/aromatic N) is 2. The number of carbonyl (C=O) groups is 1. The summed E-state index contributed by atoms with van der Waals surface area (Å²) in [6.07, 6.45) is 0. The van der Waals surface area contributed by atoms with Crippen LogP contribution in [0.1, 0.15) is 0 Å². The van der Waals surface area contributed by atoms with Gasteiger partial charge in [0, 0.05) is 18.0 Å². The lowest BCUT2D eigenvalue weighted by atomic mass is 10.1. The number of carbonyl (C=O) groups excluding carboxylic acids is 1. The first-order valence-corrected chi connectivity index (χ1v) is 10.00. The summed E-state index contributed by atoms with van der Waals surface area (Å²) >= 11 is 1.42. The molecule has 0 aliphatic rings. The van der Waals surface area contributed by atoms with Crippen LogP contribution in [-0.2, 0) is 4.79 Å². The Bertz CT molecular complexity index is 1140. The number of hydrogen-bond donors (Lipinski definition) is 0. The van der Waals surface area contributed by atoms with Crippen LogP contribution < -0.4 is 14.4 Å². The van der Waals surface area contributed by atoms with E-state index in [0.29, 0.717) is 10.9 Å². The van der Waals surface area contributed by atoms with Crippen molar-refractivity contribution >= 4 is 33.1 Å². The molecular formula is C23H20N2O3S. The molecule has 0 saturated carbocycles. The van der Waals surface area contributed by atoms with Gasteiger partial charge < -0.3 is 9.47 Å². The SMILES string of the molecule is COc1ccc(-c2csc(N(C)C(=O)COc3ccc4ccccc4c3)n2)cc1. The molecule has 5 nitrogen and oxygen atoms in total. The first-order valence-electron chi connectivity index (χ1n) is 9.12. The molecule has 6 heteroatoms. The highest BCUT2D eigenvalue weighted by atomic mass is 32.1. The van der Waals surface area contributed by atoms with Gasteiger partial charge in [0.25, 0.3) is 5.91 Å². The van der Waals surface area contributed by atoms with Crippen molar-refractivity contribution in [2.45, 2.75) is 0 Å². The second kappa shape index (κ2) is 8.32. The number of thiazole rings is 1. The molecule has 0 aliphatic carbocycles.